The second-order valence-electron chi connectivity index (χ2n) is 5.96. The highest BCUT2D eigenvalue weighted by molar-refractivity contribution is 9.10. The first-order chi connectivity index (χ1) is 12.0. The minimum Gasteiger partial charge on any atom is -0.454 e. The number of hydrogen-bond acceptors (Lipinski definition) is 3. The quantitative estimate of drug-likeness (QED) is 0.672. The van der Waals surface area contributed by atoms with E-state index in [0.29, 0.717) is 18.1 Å². The summed E-state index contributed by atoms with van der Waals surface area (Å²) < 4.78 is 8.55. The summed E-state index contributed by atoms with van der Waals surface area (Å²) in [6, 6.07) is 11.3. The first kappa shape index (κ1) is 17.5. The van der Waals surface area contributed by atoms with Crippen LogP contribution in [0.15, 0.2) is 45.3 Å². The van der Waals surface area contributed by atoms with Crippen molar-refractivity contribution in [2.45, 2.75) is 33.7 Å². The minimum absolute atomic E-state index is 0.253. The molecule has 2 heterocycles. The lowest BCUT2D eigenvalue weighted by Crippen LogP contribution is -2.12. The number of aromatic nitrogens is 2. The van der Waals surface area contributed by atoms with Crippen LogP contribution in [-0.4, -0.2) is 15.7 Å². The lowest BCUT2D eigenvalue weighted by molar-refractivity contribution is 0.0994. The predicted molar refractivity (Wildman–Crippen MR) is 101 cm³/mol. The third-order valence-corrected chi connectivity index (χ3v) is 4.48. The van der Waals surface area contributed by atoms with Gasteiger partial charge < -0.3 is 9.73 Å². The molecule has 3 rings (SSSR count). The molecular weight excluding hydrogens is 382 g/mol. The summed E-state index contributed by atoms with van der Waals surface area (Å²) >= 11 is 3.45. The van der Waals surface area contributed by atoms with E-state index in [4.69, 9.17) is 4.42 Å². The Labute approximate surface area is 155 Å². The first-order valence-electron chi connectivity index (χ1n) is 8.16. The van der Waals surface area contributed by atoms with Gasteiger partial charge in [0.1, 0.15) is 5.76 Å². The minimum atomic E-state index is -0.253. The Bertz CT molecular complexity index is 911. The number of anilines is 1. The standard InChI is InChI=1S/C19H20BrN3O2/c1-4-14-10-15(20)5-7-17(14)21-19(24)18-8-6-16(25-18)11-23-13(3)9-12(2)22-23/h5-10H,4,11H2,1-3H3,(H,21,24). The van der Waals surface area contributed by atoms with Gasteiger partial charge in [-0.1, -0.05) is 22.9 Å². The highest BCUT2D eigenvalue weighted by atomic mass is 79.9. The largest absolute Gasteiger partial charge is 0.454 e. The van der Waals surface area contributed by atoms with E-state index in [-0.39, 0.29) is 5.91 Å². The first-order valence-corrected chi connectivity index (χ1v) is 8.95. The number of nitrogens with one attached hydrogen (secondary N) is 1. The number of furan rings is 1. The topological polar surface area (TPSA) is 60.1 Å². The Morgan fingerprint density at radius 3 is 2.72 bits per heavy atom. The van der Waals surface area contributed by atoms with Crippen molar-refractivity contribution >= 4 is 27.5 Å². The van der Waals surface area contributed by atoms with Crippen molar-refractivity contribution in [3.05, 3.63) is 69.3 Å². The summed E-state index contributed by atoms with van der Waals surface area (Å²) in [5.41, 5.74) is 3.89. The lowest BCUT2D eigenvalue weighted by Gasteiger charge is -2.09. The average molecular weight is 402 g/mol. The van der Waals surface area contributed by atoms with Crippen LogP contribution in [0.1, 0.15) is 40.2 Å². The van der Waals surface area contributed by atoms with Gasteiger partial charge in [0.05, 0.1) is 12.2 Å². The van der Waals surface area contributed by atoms with Crippen molar-refractivity contribution in [3.8, 4) is 0 Å². The summed E-state index contributed by atoms with van der Waals surface area (Å²) in [5, 5.41) is 7.33. The molecule has 5 nitrogen and oxygen atoms in total. The van der Waals surface area contributed by atoms with Crippen LogP contribution in [0.5, 0.6) is 0 Å². The van der Waals surface area contributed by atoms with Gasteiger partial charge in [0.25, 0.3) is 5.91 Å². The summed E-state index contributed by atoms with van der Waals surface area (Å²) in [7, 11) is 0. The van der Waals surface area contributed by atoms with E-state index in [1.54, 1.807) is 6.07 Å². The summed E-state index contributed by atoms with van der Waals surface area (Å²) in [6.07, 6.45) is 0.830. The number of rotatable bonds is 5. The Morgan fingerprint density at radius 2 is 2.04 bits per heavy atom. The molecule has 1 aromatic carbocycles. The molecule has 0 saturated carbocycles. The van der Waals surface area contributed by atoms with Gasteiger partial charge in [-0.3, -0.25) is 9.48 Å². The lowest BCUT2D eigenvalue weighted by atomic mass is 10.1. The van der Waals surface area contributed by atoms with E-state index in [0.717, 1.165) is 33.5 Å². The Morgan fingerprint density at radius 1 is 1.24 bits per heavy atom. The number of nitrogens with zero attached hydrogens (tertiary/aromatic N) is 2. The fourth-order valence-corrected chi connectivity index (χ4v) is 3.14. The van der Waals surface area contributed by atoms with Crippen LogP contribution in [-0.2, 0) is 13.0 Å². The van der Waals surface area contributed by atoms with Gasteiger partial charge in [-0.25, -0.2) is 0 Å². The van der Waals surface area contributed by atoms with E-state index in [1.807, 2.05) is 48.9 Å². The molecule has 6 heteroatoms. The smallest absolute Gasteiger partial charge is 0.291 e. The van der Waals surface area contributed by atoms with E-state index in [2.05, 4.69) is 33.3 Å². The number of benzene rings is 1. The van der Waals surface area contributed by atoms with Crippen molar-refractivity contribution < 1.29 is 9.21 Å². The maximum absolute atomic E-state index is 12.5. The molecule has 0 fully saturated rings. The Balaban J connectivity index is 1.74. The molecule has 2 aromatic heterocycles. The number of carbonyl (C=O) groups is 1. The molecule has 0 radical (unpaired) electrons. The summed E-state index contributed by atoms with van der Waals surface area (Å²) in [4.78, 5) is 12.5. The monoisotopic (exact) mass is 401 g/mol. The van der Waals surface area contributed by atoms with Crippen LogP contribution in [0, 0.1) is 13.8 Å². The second-order valence-corrected chi connectivity index (χ2v) is 6.88. The number of hydrogen-bond donors (Lipinski definition) is 1. The zero-order valence-electron chi connectivity index (χ0n) is 14.5. The molecule has 0 aliphatic carbocycles. The Kier molecular flexibility index (Phi) is 5.08. The fraction of sp³-hybridized carbons (Fsp3) is 0.263. The SMILES string of the molecule is CCc1cc(Br)ccc1NC(=O)c1ccc(Cn2nc(C)cc2C)o1. The molecule has 0 aliphatic heterocycles. The van der Waals surface area contributed by atoms with E-state index < -0.39 is 0 Å². The van der Waals surface area contributed by atoms with Crippen LogP contribution in [0.3, 0.4) is 0 Å². The fourth-order valence-electron chi connectivity index (χ4n) is 2.73. The maximum Gasteiger partial charge on any atom is 0.291 e. The van der Waals surface area contributed by atoms with Crippen molar-refractivity contribution in [1.82, 2.24) is 9.78 Å². The highest BCUT2D eigenvalue weighted by Crippen LogP contribution is 2.22. The van der Waals surface area contributed by atoms with Crippen LogP contribution >= 0.6 is 15.9 Å². The average Bonchev–Trinajstić information content (AvgIpc) is 3.16. The number of amides is 1. The van der Waals surface area contributed by atoms with Gasteiger partial charge >= 0.3 is 0 Å². The number of halogens is 1. The second kappa shape index (κ2) is 7.27. The Hall–Kier alpha value is -2.34. The van der Waals surface area contributed by atoms with Crippen molar-refractivity contribution in [3.63, 3.8) is 0 Å². The van der Waals surface area contributed by atoms with Gasteiger partial charge in [-0.05, 0) is 62.2 Å². The molecule has 0 bridgehead atoms. The van der Waals surface area contributed by atoms with Crippen LogP contribution in [0.2, 0.25) is 0 Å². The van der Waals surface area contributed by atoms with Gasteiger partial charge in [0.15, 0.2) is 5.76 Å². The molecule has 0 aliphatic rings. The molecule has 3 aromatic rings. The van der Waals surface area contributed by atoms with E-state index in [1.165, 1.54) is 0 Å². The molecule has 1 N–H and O–H groups in total. The van der Waals surface area contributed by atoms with Gasteiger partial charge in [0, 0.05) is 15.9 Å². The molecule has 130 valence electrons. The molecule has 1 amide bonds. The van der Waals surface area contributed by atoms with E-state index >= 15 is 0 Å². The van der Waals surface area contributed by atoms with Crippen LogP contribution in [0.25, 0.3) is 0 Å². The third kappa shape index (κ3) is 4.02. The van der Waals surface area contributed by atoms with Gasteiger partial charge in [-0.15, -0.1) is 0 Å². The summed E-state index contributed by atoms with van der Waals surface area (Å²) in [6.45, 7) is 6.51. The van der Waals surface area contributed by atoms with Crippen LogP contribution in [0.4, 0.5) is 5.69 Å². The molecule has 0 spiro atoms. The van der Waals surface area contributed by atoms with Crippen molar-refractivity contribution in [2.24, 2.45) is 0 Å². The van der Waals surface area contributed by atoms with E-state index in [9.17, 15) is 4.79 Å². The number of carbonyl (C=O) groups excluding carboxylic acids is 1. The highest BCUT2D eigenvalue weighted by Gasteiger charge is 2.14. The molecule has 0 unspecified atom stereocenters. The molecule has 0 saturated heterocycles. The molecular formula is C19H20BrN3O2. The predicted octanol–water partition coefficient (Wildman–Crippen LogP) is 4.72. The zero-order valence-corrected chi connectivity index (χ0v) is 16.1. The van der Waals surface area contributed by atoms with Crippen molar-refractivity contribution in [2.75, 3.05) is 5.32 Å². The third-order valence-electron chi connectivity index (χ3n) is 3.99. The normalized spacial score (nSPS) is 10.9. The number of aryl methyl sites for hydroxylation is 3. The maximum atomic E-state index is 12.5. The van der Waals surface area contributed by atoms with Crippen LogP contribution < -0.4 is 5.32 Å². The molecule has 25 heavy (non-hydrogen) atoms. The summed E-state index contributed by atoms with van der Waals surface area (Å²) in [5.74, 6) is 0.737. The molecule has 0 atom stereocenters. The van der Waals surface area contributed by atoms with Gasteiger partial charge in [-0.2, -0.15) is 5.10 Å². The zero-order chi connectivity index (χ0) is 18.0. The van der Waals surface area contributed by atoms with Crippen molar-refractivity contribution in [1.29, 1.82) is 0 Å². The van der Waals surface area contributed by atoms with Gasteiger partial charge in [0.2, 0.25) is 0 Å².